The molecule has 5 nitrogen and oxygen atoms in total. The van der Waals surface area contributed by atoms with Gasteiger partial charge in [0.2, 0.25) is 0 Å². The van der Waals surface area contributed by atoms with Crippen molar-refractivity contribution in [2.24, 2.45) is 5.92 Å². The number of hydrogen-bond acceptors (Lipinski definition) is 5. The van der Waals surface area contributed by atoms with E-state index in [9.17, 15) is 14.4 Å². The molecular formula is C25H32O5. The van der Waals surface area contributed by atoms with E-state index < -0.39 is 5.41 Å². The van der Waals surface area contributed by atoms with Crippen LogP contribution in [-0.4, -0.2) is 18.7 Å². The summed E-state index contributed by atoms with van der Waals surface area (Å²) in [4.78, 5) is 37.9. The minimum atomic E-state index is -0.859. The molecule has 0 spiro atoms. The SMILES string of the molecule is CCC(=O)[C@H](C)/C=C(\C)C1=C(C)C(=O)C(C)=C[C@@]1(C)c1oc(OC)c(C)c(=O)c1C. The first-order valence-electron chi connectivity index (χ1n) is 10.3. The lowest BCUT2D eigenvalue weighted by Gasteiger charge is -2.35. The Hall–Kier alpha value is -2.69. The van der Waals surface area contributed by atoms with Gasteiger partial charge in [-0.15, -0.1) is 0 Å². The highest BCUT2D eigenvalue weighted by Gasteiger charge is 2.41. The van der Waals surface area contributed by atoms with E-state index in [1.54, 1.807) is 27.7 Å². The molecule has 1 aliphatic carbocycles. The number of allylic oxidation sites excluding steroid dienone is 6. The largest absolute Gasteiger partial charge is 0.468 e. The summed E-state index contributed by atoms with van der Waals surface area (Å²) >= 11 is 0. The van der Waals surface area contributed by atoms with Gasteiger partial charge in [0.05, 0.1) is 18.1 Å². The molecule has 1 aromatic heterocycles. The van der Waals surface area contributed by atoms with E-state index in [1.165, 1.54) is 7.11 Å². The zero-order chi connectivity index (χ0) is 23.0. The van der Waals surface area contributed by atoms with Gasteiger partial charge in [-0.3, -0.25) is 14.4 Å². The lowest BCUT2D eigenvalue weighted by Crippen LogP contribution is -2.33. The minimum absolute atomic E-state index is 0.0521. The van der Waals surface area contributed by atoms with E-state index in [0.717, 1.165) is 11.1 Å². The van der Waals surface area contributed by atoms with Crippen LogP contribution in [0.5, 0.6) is 5.95 Å². The molecular weight excluding hydrogens is 380 g/mol. The van der Waals surface area contributed by atoms with Crippen molar-refractivity contribution < 1.29 is 18.7 Å². The summed E-state index contributed by atoms with van der Waals surface area (Å²) < 4.78 is 11.4. The Morgan fingerprint density at radius 2 is 1.80 bits per heavy atom. The second kappa shape index (κ2) is 8.58. The van der Waals surface area contributed by atoms with E-state index in [1.807, 2.05) is 39.8 Å². The lowest BCUT2D eigenvalue weighted by atomic mass is 9.67. The molecule has 0 N–H and O–H groups in total. The van der Waals surface area contributed by atoms with Gasteiger partial charge in [0.25, 0.3) is 5.95 Å². The van der Waals surface area contributed by atoms with Crippen LogP contribution in [0, 0.1) is 19.8 Å². The second-order valence-electron chi connectivity index (χ2n) is 8.32. The van der Waals surface area contributed by atoms with Crippen LogP contribution in [-0.2, 0) is 15.0 Å². The Kier molecular flexibility index (Phi) is 6.75. The highest BCUT2D eigenvalue weighted by molar-refractivity contribution is 6.10. The van der Waals surface area contributed by atoms with Crippen molar-refractivity contribution in [1.82, 2.24) is 0 Å². The number of rotatable bonds is 6. The predicted molar refractivity (Wildman–Crippen MR) is 118 cm³/mol. The highest BCUT2D eigenvalue weighted by atomic mass is 16.6. The molecule has 2 atom stereocenters. The van der Waals surface area contributed by atoms with Crippen molar-refractivity contribution in [3.05, 3.63) is 61.6 Å². The summed E-state index contributed by atoms with van der Waals surface area (Å²) in [5, 5.41) is 0. The Balaban J connectivity index is 2.86. The number of ether oxygens (including phenoxy) is 1. The molecule has 0 aliphatic heterocycles. The van der Waals surface area contributed by atoms with Gasteiger partial charge in [-0.1, -0.05) is 26.0 Å². The molecule has 1 aromatic rings. The number of carbonyl (C=O) groups is 2. The van der Waals surface area contributed by atoms with Gasteiger partial charge in [-0.25, -0.2) is 0 Å². The molecule has 0 radical (unpaired) electrons. The molecule has 0 bridgehead atoms. The molecule has 0 saturated carbocycles. The maximum atomic E-state index is 12.9. The average molecular weight is 413 g/mol. The van der Waals surface area contributed by atoms with Gasteiger partial charge in [0, 0.05) is 23.5 Å². The fourth-order valence-electron chi connectivity index (χ4n) is 4.54. The van der Waals surface area contributed by atoms with Crippen LogP contribution in [0.3, 0.4) is 0 Å². The Morgan fingerprint density at radius 3 is 2.33 bits per heavy atom. The maximum absolute atomic E-state index is 12.9. The first-order valence-corrected chi connectivity index (χ1v) is 10.3. The normalized spacial score (nSPS) is 20.9. The summed E-state index contributed by atoms with van der Waals surface area (Å²) in [5.74, 6) is 0.408. The van der Waals surface area contributed by atoms with Crippen LogP contribution in [0.1, 0.15) is 64.9 Å². The highest BCUT2D eigenvalue weighted by Crippen LogP contribution is 2.45. The summed E-state index contributed by atoms with van der Waals surface area (Å²) in [6, 6.07) is 0. The average Bonchev–Trinajstić information content (AvgIpc) is 2.69. The van der Waals surface area contributed by atoms with E-state index in [0.29, 0.717) is 34.5 Å². The van der Waals surface area contributed by atoms with Crippen LogP contribution in [0.25, 0.3) is 0 Å². The quantitative estimate of drug-likeness (QED) is 0.662. The van der Waals surface area contributed by atoms with Gasteiger partial charge >= 0.3 is 0 Å². The third kappa shape index (κ3) is 3.85. The van der Waals surface area contributed by atoms with Crippen molar-refractivity contribution in [2.45, 2.75) is 67.2 Å². The first-order chi connectivity index (χ1) is 13.9. The van der Waals surface area contributed by atoms with Crippen molar-refractivity contribution >= 4 is 11.6 Å². The van der Waals surface area contributed by atoms with Crippen LogP contribution in [0.4, 0.5) is 0 Å². The summed E-state index contributed by atoms with van der Waals surface area (Å²) in [7, 11) is 1.46. The molecule has 5 heteroatoms. The fraction of sp³-hybridized carbons (Fsp3) is 0.480. The van der Waals surface area contributed by atoms with Gasteiger partial charge in [0.1, 0.15) is 11.5 Å². The Morgan fingerprint density at radius 1 is 1.20 bits per heavy atom. The summed E-state index contributed by atoms with van der Waals surface area (Å²) in [6.45, 7) is 14.5. The first kappa shape index (κ1) is 23.6. The third-order valence-electron chi connectivity index (χ3n) is 6.03. The number of carbonyl (C=O) groups excluding carboxylic acids is 2. The minimum Gasteiger partial charge on any atom is -0.468 e. The second-order valence-corrected chi connectivity index (χ2v) is 8.32. The maximum Gasteiger partial charge on any atom is 0.291 e. The van der Waals surface area contributed by atoms with E-state index >= 15 is 0 Å². The number of Topliss-reactive ketones (excluding diaryl/α,β-unsaturated/α-hetero) is 2. The molecule has 2 rings (SSSR count). The number of methoxy groups -OCH3 is 1. The molecule has 162 valence electrons. The van der Waals surface area contributed by atoms with Gasteiger partial charge in [0.15, 0.2) is 11.2 Å². The van der Waals surface area contributed by atoms with E-state index in [-0.39, 0.29) is 28.9 Å². The monoisotopic (exact) mass is 412 g/mol. The lowest BCUT2D eigenvalue weighted by molar-refractivity contribution is -0.120. The van der Waals surface area contributed by atoms with Crippen molar-refractivity contribution in [3.63, 3.8) is 0 Å². The van der Waals surface area contributed by atoms with Crippen molar-refractivity contribution in [2.75, 3.05) is 7.11 Å². The number of ketones is 2. The molecule has 30 heavy (non-hydrogen) atoms. The van der Waals surface area contributed by atoms with Crippen LogP contribution >= 0.6 is 0 Å². The van der Waals surface area contributed by atoms with Crippen LogP contribution in [0.2, 0.25) is 0 Å². The molecule has 1 heterocycles. The Bertz CT molecular complexity index is 1050. The van der Waals surface area contributed by atoms with Crippen LogP contribution in [0.15, 0.2) is 43.7 Å². The summed E-state index contributed by atoms with van der Waals surface area (Å²) in [6.07, 6.45) is 4.19. The number of hydrogen-bond donors (Lipinski definition) is 0. The smallest absolute Gasteiger partial charge is 0.291 e. The van der Waals surface area contributed by atoms with Crippen molar-refractivity contribution in [1.29, 1.82) is 0 Å². The topological polar surface area (TPSA) is 73.6 Å². The predicted octanol–water partition coefficient (Wildman–Crippen LogP) is 4.93. The van der Waals surface area contributed by atoms with Crippen molar-refractivity contribution in [3.8, 4) is 5.95 Å². The molecule has 1 aliphatic rings. The van der Waals surface area contributed by atoms with Gasteiger partial charge < -0.3 is 9.15 Å². The summed E-state index contributed by atoms with van der Waals surface area (Å²) in [5.41, 5.74) is 2.63. The third-order valence-corrected chi connectivity index (χ3v) is 6.03. The van der Waals surface area contributed by atoms with Crippen LogP contribution < -0.4 is 10.2 Å². The van der Waals surface area contributed by atoms with E-state index in [4.69, 9.17) is 9.15 Å². The molecule has 0 amide bonds. The van der Waals surface area contributed by atoms with Gasteiger partial charge in [-0.05, 0) is 58.3 Å². The van der Waals surface area contributed by atoms with E-state index in [2.05, 4.69) is 0 Å². The zero-order valence-corrected chi connectivity index (χ0v) is 19.5. The Labute approximate surface area is 178 Å². The fourth-order valence-corrected chi connectivity index (χ4v) is 4.54. The van der Waals surface area contributed by atoms with Gasteiger partial charge in [-0.2, -0.15) is 0 Å². The molecule has 0 fully saturated rings. The standard InChI is InChI=1S/C25H32O5/c1-10-19(26)13(2)11-14(3)20-16(5)21(27)15(4)12-25(20,8)23-17(6)22(28)18(7)24(29-9)30-23/h11-13H,10H2,1-9H3/b14-11+/t13-,25-/m1/s1. The molecule has 0 aromatic carbocycles. The molecule has 0 unspecified atom stereocenters. The zero-order valence-electron chi connectivity index (χ0n) is 19.5. The molecule has 0 saturated heterocycles.